The van der Waals surface area contributed by atoms with Gasteiger partial charge in [0.2, 0.25) is 0 Å². The smallest absolute Gasteiger partial charge is 0.166 e. The maximum atomic E-state index is 12.4. The number of fused-ring (bicyclic) bond motifs is 1. The van der Waals surface area contributed by atoms with E-state index in [1.54, 1.807) is 7.11 Å². The Balaban J connectivity index is 1.92. The molecule has 2 aromatic carbocycles. The maximum Gasteiger partial charge on any atom is 0.166 e. The summed E-state index contributed by atoms with van der Waals surface area (Å²) in [5, 5.41) is 1.14. The van der Waals surface area contributed by atoms with Crippen molar-refractivity contribution in [1.82, 2.24) is 0 Å². The second kappa shape index (κ2) is 6.09. The average molecular weight is 298 g/mol. The lowest BCUT2D eigenvalue weighted by atomic mass is 10.1. The number of hydrogen-bond acceptors (Lipinski definition) is 2. The molecule has 0 amide bonds. The first-order valence-corrected chi connectivity index (χ1v) is 8.29. The highest BCUT2D eigenvalue weighted by Gasteiger charge is 2.29. The van der Waals surface area contributed by atoms with Crippen LogP contribution in [0.25, 0.3) is 0 Å². The molecule has 1 aliphatic carbocycles. The monoisotopic (exact) mass is 298 g/mol. The highest BCUT2D eigenvalue weighted by molar-refractivity contribution is 7.47. The number of carbonyl (C=O) groups excluding carboxylic acids is 1. The Kier molecular flexibility index (Phi) is 4.19. The van der Waals surface area contributed by atoms with E-state index in [0.29, 0.717) is 8.58 Å². The van der Waals surface area contributed by atoms with Crippen LogP contribution in [-0.4, -0.2) is 12.9 Å². The summed E-state index contributed by atoms with van der Waals surface area (Å²) in [5.74, 6) is 0.418. The van der Waals surface area contributed by atoms with Crippen LogP contribution >= 0.6 is 8.58 Å². The summed E-state index contributed by atoms with van der Waals surface area (Å²) >= 11 is 0. The van der Waals surface area contributed by atoms with E-state index in [0.717, 1.165) is 22.9 Å². The van der Waals surface area contributed by atoms with Gasteiger partial charge in [-0.05, 0) is 22.9 Å². The largest absolute Gasteiger partial charge is 0.372 e. The highest BCUT2D eigenvalue weighted by Crippen LogP contribution is 2.37. The first-order chi connectivity index (χ1) is 10.2. The topological polar surface area (TPSA) is 26.3 Å². The van der Waals surface area contributed by atoms with Crippen molar-refractivity contribution >= 4 is 19.7 Å². The molecular formula is C18H19O2P. The molecule has 2 nitrogen and oxygen atoms in total. The van der Waals surface area contributed by atoms with E-state index in [9.17, 15) is 4.79 Å². The van der Waals surface area contributed by atoms with Gasteiger partial charge in [0.15, 0.2) is 5.78 Å². The van der Waals surface area contributed by atoms with Crippen LogP contribution < -0.4 is 5.30 Å². The summed E-state index contributed by atoms with van der Waals surface area (Å²) < 4.78 is 5.66. The molecule has 0 saturated heterocycles. The van der Waals surface area contributed by atoms with Crippen LogP contribution in [0.15, 0.2) is 48.5 Å². The molecular weight excluding hydrogens is 279 g/mol. The maximum absolute atomic E-state index is 12.4. The summed E-state index contributed by atoms with van der Waals surface area (Å²) in [6, 6.07) is 16.4. The van der Waals surface area contributed by atoms with Crippen LogP contribution in [0, 0.1) is 5.92 Å². The number of benzene rings is 2. The summed E-state index contributed by atoms with van der Waals surface area (Å²) in [5.41, 5.74) is 3.30. The van der Waals surface area contributed by atoms with Crippen molar-refractivity contribution in [1.29, 1.82) is 0 Å². The van der Waals surface area contributed by atoms with E-state index in [4.69, 9.17) is 4.74 Å². The lowest BCUT2D eigenvalue weighted by molar-refractivity contribution is 0.0947. The molecule has 0 spiro atoms. The number of ether oxygens (including phenoxy) is 1. The third kappa shape index (κ3) is 2.79. The Morgan fingerprint density at radius 2 is 1.90 bits per heavy atom. The van der Waals surface area contributed by atoms with E-state index in [2.05, 4.69) is 30.3 Å². The van der Waals surface area contributed by atoms with Gasteiger partial charge < -0.3 is 4.74 Å². The minimum Gasteiger partial charge on any atom is -0.372 e. The van der Waals surface area contributed by atoms with Gasteiger partial charge in [-0.3, -0.25) is 4.79 Å². The van der Waals surface area contributed by atoms with Gasteiger partial charge in [0.25, 0.3) is 0 Å². The molecule has 0 heterocycles. The van der Waals surface area contributed by atoms with Gasteiger partial charge in [-0.15, -0.1) is 0 Å². The van der Waals surface area contributed by atoms with Crippen molar-refractivity contribution in [3.63, 3.8) is 0 Å². The van der Waals surface area contributed by atoms with Crippen molar-refractivity contribution in [3.8, 4) is 0 Å². The molecule has 1 aliphatic rings. The minimum atomic E-state index is 0.0152. The highest BCUT2D eigenvalue weighted by atomic mass is 31.1. The van der Waals surface area contributed by atoms with Crippen molar-refractivity contribution < 1.29 is 9.53 Å². The van der Waals surface area contributed by atoms with Gasteiger partial charge >= 0.3 is 0 Å². The number of rotatable bonds is 4. The summed E-state index contributed by atoms with van der Waals surface area (Å²) in [4.78, 5) is 12.4. The molecule has 108 valence electrons. The number of ketones is 1. The van der Waals surface area contributed by atoms with Crippen LogP contribution in [-0.2, 0) is 11.2 Å². The molecule has 3 rings (SSSR count). The van der Waals surface area contributed by atoms with Gasteiger partial charge in [0.05, 0.1) is 0 Å². The molecule has 0 bridgehead atoms. The zero-order valence-electron chi connectivity index (χ0n) is 12.3. The molecule has 0 radical (unpaired) electrons. The standard InChI is InChI=1S/C18H19O2P/c1-12-11-14-9-6-10-15(16(14)17(12)19)21-18(20-2)13-7-4-3-5-8-13/h3-10,12,18,21H,11H2,1-2H3. The Hall–Kier alpha value is -1.50. The molecule has 3 unspecified atom stereocenters. The summed E-state index contributed by atoms with van der Waals surface area (Å²) in [7, 11) is 2.18. The fraction of sp³-hybridized carbons (Fsp3) is 0.278. The van der Waals surface area contributed by atoms with Gasteiger partial charge in [0.1, 0.15) is 5.85 Å². The number of Topliss-reactive ketones (excluding diaryl/α,β-unsaturated/α-hetero) is 1. The van der Waals surface area contributed by atoms with E-state index in [1.165, 1.54) is 5.56 Å². The summed E-state index contributed by atoms with van der Waals surface area (Å²) in [6.45, 7) is 2.01. The Labute approximate surface area is 127 Å². The Bertz CT molecular complexity index is 652. The molecule has 3 heteroatoms. The van der Waals surface area contributed by atoms with Crippen LogP contribution in [0.2, 0.25) is 0 Å². The van der Waals surface area contributed by atoms with Crippen LogP contribution in [0.3, 0.4) is 0 Å². The number of hydrogen-bond donors (Lipinski definition) is 0. The first kappa shape index (κ1) is 14.4. The van der Waals surface area contributed by atoms with Gasteiger partial charge in [0, 0.05) is 18.6 Å². The number of carbonyl (C=O) groups is 1. The third-order valence-electron chi connectivity index (χ3n) is 4.00. The normalized spacial score (nSPS) is 19.1. The quantitative estimate of drug-likeness (QED) is 0.804. The minimum absolute atomic E-state index is 0.0152. The zero-order valence-corrected chi connectivity index (χ0v) is 13.3. The molecule has 0 fully saturated rings. The fourth-order valence-electron chi connectivity index (χ4n) is 2.90. The Morgan fingerprint density at radius 3 is 2.62 bits per heavy atom. The molecule has 0 saturated carbocycles. The van der Waals surface area contributed by atoms with E-state index in [1.807, 2.05) is 25.1 Å². The third-order valence-corrected chi connectivity index (χ3v) is 5.55. The molecule has 0 aromatic heterocycles. The second-order valence-electron chi connectivity index (χ2n) is 5.48. The van der Waals surface area contributed by atoms with Gasteiger partial charge in [-0.1, -0.05) is 64.0 Å². The van der Waals surface area contributed by atoms with Crippen LogP contribution in [0.1, 0.15) is 34.3 Å². The summed E-state index contributed by atoms with van der Waals surface area (Å²) in [6.07, 6.45) is 0.871. The van der Waals surface area contributed by atoms with E-state index in [-0.39, 0.29) is 17.5 Å². The average Bonchev–Trinajstić information content (AvgIpc) is 2.81. The number of methoxy groups -OCH3 is 1. The lowest BCUT2D eigenvalue weighted by Crippen LogP contribution is -2.13. The predicted molar refractivity (Wildman–Crippen MR) is 87.8 cm³/mol. The van der Waals surface area contributed by atoms with Crippen molar-refractivity contribution in [2.45, 2.75) is 19.2 Å². The van der Waals surface area contributed by atoms with Gasteiger partial charge in [-0.25, -0.2) is 0 Å². The van der Waals surface area contributed by atoms with Crippen molar-refractivity contribution in [2.24, 2.45) is 5.92 Å². The van der Waals surface area contributed by atoms with E-state index >= 15 is 0 Å². The fourth-order valence-corrected chi connectivity index (χ4v) is 4.28. The van der Waals surface area contributed by atoms with Crippen LogP contribution in [0.5, 0.6) is 0 Å². The van der Waals surface area contributed by atoms with Crippen molar-refractivity contribution in [2.75, 3.05) is 7.11 Å². The van der Waals surface area contributed by atoms with Crippen LogP contribution in [0.4, 0.5) is 0 Å². The zero-order chi connectivity index (χ0) is 14.8. The lowest BCUT2D eigenvalue weighted by Gasteiger charge is -2.17. The molecule has 21 heavy (non-hydrogen) atoms. The first-order valence-electron chi connectivity index (χ1n) is 7.21. The molecule has 3 atom stereocenters. The Morgan fingerprint density at radius 1 is 1.14 bits per heavy atom. The molecule has 2 aromatic rings. The SMILES string of the molecule is COC(Pc1cccc2c1C(=O)C(C)C2)c1ccccc1. The van der Waals surface area contributed by atoms with E-state index < -0.39 is 0 Å². The molecule has 0 N–H and O–H groups in total. The van der Waals surface area contributed by atoms with Crippen molar-refractivity contribution in [3.05, 3.63) is 65.2 Å². The second-order valence-corrected chi connectivity index (χ2v) is 6.83. The van der Waals surface area contributed by atoms with Gasteiger partial charge in [-0.2, -0.15) is 0 Å². The predicted octanol–water partition coefficient (Wildman–Crippen LogP) is 3.71. The molecule has 0 aliphatic heterocycles.